The van der Waals surface area contributed by atoms with Crippen LogP contribution in [0.25, 0.3) is 6.08 Å². The highest BCUT2D eigenvalue weighted by Crippen LogP contribution is 2.26. The number of amides is 1. The predicted octanol–water partition coefficient (Wildman–Crippen LogP) is 3.67. The van der Waals surface area contributed by atoms with Gasteiger partial charge in [0.25, 0.3) is 0 Å². The van der Waals surface area contributed by atoms with Crippen LogP contribution in [-0.2, 0) is 4.79 Å². The fourth-order valence-electron chi connectivity index (χ4n) is 2.59. The van der Waals surface area contributed by atoms with Crippen molar-refractivity contribution in [2.75, 3.05) is 6.54 Å². The third-order valence-electron chi connectivity index (χ3n) is 3.73. The van der Waals surface area contributed by atoms with Gasteiger partial charge in [-0.1, -0.05) is 31.7 Å². The number of hydrogen-bond donors (Lipinski definition) is 1. The van der Waals surface area contributed by atoms with Crippen LogP contribution in [0.3, 0.4) is 0 Å². The molecule has 1 aliphatic rings. The van der Waals surface area contributed by atoms with Gasteiger partial charge < -0.3 is 5.32 Å². The first kappa shape index (κ1) is 14.7. The zero-order chi connectivity index (χ0) is 14.4. The molecule has 0 heterocycles. The highest BCUT2D eigenvalue weighted by Gasteiger charge is 2.14. The average molecular weight is 279 g/mol. The zero-order valence-electron chi connectivity index (χ0n) is 11.4. The standard InChI is InChI=1S/C16H19F2NO/c17-14-6-3-7-15(18)13(14)8-9-16(20)19-11-10-12-4-1-2-5-12/h3,6-9,12H,1-2,4-5,10-11H2,(H,19,20)/b9-8+. The number of carbonyl (C=O) groups excluding carboxylic acids is 1. The van der Waals surface area contributed by atoms with Crippen molar-refractivity contribution in [1.82, 2.24) is 5.32 Å². The van der Waals surface area contributed by atoms with Crippen LogP contribution in [0.15, 0.2) is 24.3 Å². The Morgan fingerprint density at radius 3 is 2.55 bits per heavy atom. The smallest absolute Gasteiger partial charge is 0.244 e. The summed E-state index contributed by atoms with van der Waals surface area (Å²) in [5.74, 6) is -0.936. The second kappa shape index (κ2) is 7.17. The van der Waals surface area contributed by atoms with Gasteiger partial charge in [0.05, 0.1) is 0 Å². The van der Waals surface area contributed by atoms with Crippen molar-refractivity contribution in [2.24, 2.45) is 5.92 Å². The minimum Gasteiger partial charge on any atom is -0.353 e. The van der Waals surface area contributed by atoms with Gasteiger partial charge >= 0.3 is 0 Å². The Hall–Kier alpha value is -1.71. The van der Waals surface area contributed by atoms with E-state index in [1.807, 2.05) is 0 Å². The molecule has 0 aliphatic heterocycles. The molecule has 2 rings (SSSR count). The second-order valence-electron chi connectivity index (χ2n) is 5.20. The lowest BCUT2D eigenvalue weighted by molar-refractivity contribution is -0.116. The van der Waals surface area contributed by atoms with Crippen LogP contribution in [-0.4, -0.2) is 12.5 Å². The molecule has 20 heavy (non-hydrogen) atoms. The number of hydrogen-bond acceptors (Lipinski definition) is 1. The quantitative estimate of drug-likeness (QED) is 0.819. The number of nitrogens with one attached hydrogen (secondary N) is 1. The van der Waals surface area contributed by atoms with Crippen molar-refractivity contribution in [3.8, 4) is 0 Å². The van der Waals surface area contributed by atoms with Crippen LogP contribution in [0, 0.1) is 17.6 Å². The van der Waals surface area contributed by atoms with E-state index in [1.54, 1.807) is 0 Å². The zero-order valence-corrected chi connectivity index (χ0v) is 11.4. The summed E-state index contributed by atoms with van der Waals surface area (Å²) in [5.41, 5.74) is -0.182. The van der Waals surface area contributed by atoms with Gasteiger partial charge in [-0.3, -0.25) is 4.79 Å². The summed E-state index contributed by atoms with van der Waals surface area (Å²) in [6, 6.07) is 3.63. The molecule has 108 valence electrons. The van der Waals surface area contributed by atoms with Crippen LogP contribution in [0.1, 0.15) is 37.7 Å². The molecule has 1 aromatic rings. The van der Waals surface area contributed by atoms with E-state index in [4.69, 9.17) is 0 Å². The molecular formula is C16H19F2NO. The Labute approximate surface area is 117 Å². The summed E-state index contributed by atoms with van der Waals surface area (Å²) >= 11 is 0. The van der Waals surface area contributed by atoms with E-state index in [-0.39, 0.29) is 11.5 Å². The third-order valence-corrected chi connectivity index (χ3v) is 3.73. The SMILES string of the molecule is O=C(/C=C/c1c(F)cccc1F)NCCC1CCCC1. The van der Waals surface area contributed by atoms with Gasteiger partial charge in [0.1, 0.15) is 11.6 Å². The molecule has 0 radical (unpaired) electrons. The molecule has 1 amide bonds. The van der Waals surface area contributed by atoms with Gasteiger partial charge in [0, 0.05) is 18.2 Å². The highest BCUT2D eigenvalue weighted by atomic mass is 19.1. The average Bonchev–Trinajstić information content (AvgIpc) is 2.91. The van der Waals surface area contributed by atoms with Crippen LogP contribution >= 0.6 is 0 Å². The van der Waals surface area contributed by atoms with Crippen LogP contribution in [0.5, 0.6) is 0 Å². The molecule has 0 unspecified atom stereocenters. The van der Waals surface area contributed by atoms with E-state index in [0.717, 1.165) is 6.42 Å². The molecule has 0 bridgehead atoms. The van der Waals surface area contributed by atoms with E-state index in [1.165, 1.54) is 56.0 Å². The molecule has 1 N–H and O–H groups in total. The van der Waals surface area contributed by atoms with E-state index in [9.17, 15) is 13.6 Å². The highest BCUT2D eigenvalue weighted by molar-refractivity contribution is 5.91. The van der Waals surface area contributed by atoms with Crippen molar-refractivity contribution in [3.63, 3.8) is 0 Å². The van der Waals surface area contributed by atoms with E-state index in [2.05, 4.69) is 5.32 Å². The molecule has 1 aliphatic carbocycles. The topological polar surface area (TPSA) is 29.1 Å². The Kier molecular flexibility index (Phi) is 5.27. The molecule has 0 spiro atoms. The lowest BCUT2D eigenvalue weighted by Gasteiger charge is -2.08. The number of halogens is 2. The monoisotopic (exact) mass is 279 g/mol. The summed E-state index contributed by atoms with van der Waals surface area (Å²) in [5, 5.41) is 2.75. The molecule has 0 aromatic heterocycles. The summed E-state index contributed by atoms with van der Waals surface area (Å²) in [6.45, 7) is 0.619. The van der Waals surface area contributed by atoms with Crippen molar-refractivity contribution in [3.05, 3.63) is 41.5 Å². The molecule has 0 saturated heterocycles. The number of carbonyl (C=O) groups is 1. The first-order valence-electron chi connectivity index (χ1n) is 7.07. The minimum atomic E-state index is -0.667. The van der Waals surface area contributed by atoms with E-state index >= 15 is 0 Å². The predicted molar refractivity (Wildman–Crippen MR) is 75.0 cm³/mol. The fourth-order valence-corrected chi connectivity index (χ4v) is 2.59. The molecule has 1 aromatic carbocycles. The van der Waals surface area contributed by atoms with Gasteiger partial charge in [-0.25, -0.2) is 8.78 Å². The van der Waals surface area contributed by atoms with Gasteiger partial charge in [0.15, 0.2) is 0 Å². The third kappa shape index (κ3) is 4.15. The molecule has 1 saturated carbocycles. The lowest BCUT2D eigenvalue weighted by Crippen LogP contribution is -2.23. The first-order chi connectivity index (χ1) is 9.66. The Balaban J connectivity index is 1.80. The molecule has 2 nitrogen and oxygen atoms in total. The van der Waals surface area contributed by atoms with Crippen LogP contribution in [0.4, 0.5) is 8.78 Å². The summed E-state index contributed by atoms with van der Waals surface area (Å²) in [6.07, 6.45) is 8.38. The second-order valence-corrected chi connectivity index (χ2v) is 5.20. The largest absolute Gasteiger partial charge is 0.353 e. The summed E-state index contributed by atoms with van der Waals surface area (Å²) < 4.78 is 26.7. The van der Waals surface area contributed by atoms with E-state index < -0.39 is 11.6 Å². The van der Waals surface area contributed by atoms with Gasteiger partial charge in [0.2, 0.25) is 5.91 Å². The maximum atomic E-state index is 13.3. The molecule has 0 atom stereocenters. The minimum absolute atomic E-state index is 0.182. The van der Waals surface area contributed by atoms with Gasteiger partial charge in [-0.2, -0.15) is 0 Å². The lowest BCUT2D eigenvalue weighted by atomic mass is 10.0. The van der Waals surface area contributed by atoms with Gasteiger partial charge in [-0.05, 0) is 30.5 Å². The number of rotatable bonds is 5. The van der Waals surface area contributed by atoms with Crippen molar-refractivity contribution in [1.29, 1.82) is 0 Å². The molecule has 4 heteroatoms. The van der Waals surface area contributed by atoms with Crippen molar-refractivity contribution < 1.29 is 13.6 Å². The maximum absolute atomic E-state index is 13.3. The Morgan fingerprint density at radius 2 is 1.90 bits per heavy atom. The van der Waals surface area contributed by atoms with Crippen molar-refractivity contribution >= 4 is 12.0 Å². The summed E-state index contributed by atoms with van der Waals surface area (Å²) in [7, 11) is 0. The summed E-state index contributed by atoms with van der Waals surface area (Å²) in [4.78, 5) is 11.6. The molecular weight excluding hydrogens is 260 g/mol. The fraction of sp³-hybridized carbons (Fsp3) is 0.438. The van der Waals surface area contributed by atoms with Gasteiger partial charge in [-0.15, -0.1) is 0 Å². The Bertz CT molecular complexity index is 473. The molecule has 1 fully saturated rings. The van der Waals surface area contributed by atoms with Crippen molar-refractivity contribution in [2.45, 2.75) is 32.1 Å². The number of benzene rings is 1. The normalized spacial score (nSPS) is 15.9. The van der Waals surface area contributed by atoms with E-state index in [0.29, 0.717) is 12.5 Å². The van der Waals surface area contributed by atoms with Crippen LogP contribution in [0.2, 0.25) is 0 Å². The Morgan fingerprint density at radius 1 is 1.25 bits per heavy atom. The maximum Gasteiger partial charge on any atom is 0.244 e. The first-order valence-corrected chi connectivity index (χ1v) is 7.07. The van der Waals surface area contributed by atoms with Crippen LogP contribution < -0.4 is 5.32 Å².